The highest BCUT2D eigenvalue weighted by molar-refractivity contribution is 5.38. The maximum atomic E-state index is 9.08. The molecule has 0 spiro atoms. The number of aliphatic hydroxyl groups is 1. The van der Waals surface area contributed by atoms with Crippen molar-refractivity contribution in [2.45, 2.75) is 33.4 Å². The molecule has 98 valence electrons. The van der Waals surface area contributed by atoms with Gasteiger partial charge in [-0.05, 0) is 19.8 Å². The molecule has 0 amide bonds. The Morgan fingerprint density at radius 2 is 2.22 bits per heavy atom. The smallest absolute Gasteiger partial charge is 0.155 e. The molecule has 2 aromatic heterocycles. The van der Waals surface area contributed by atoms with Crippen LogP contribution in [-0.2, 0) is 6.54 Å². The van der Waals surface area contributed by atoms with Gasteiger partial charge in [-0.25, -0.2) is 9.50 Å². The summed E-state index contributed by atoms with van der Waals surface area (Å²) in [6.07, 6.45) is 3.85. The summed E-state index contributed by atoms with van der Waals surface area (Å²) in [5, 5.41) is 16.8. The van der Waals surface area contributed by atoms with Gasteiger partial charge in [0.25, 0.3) is 0 Å². The van der Waals surface area contributed by atoms with Crippen LogP contribution in [-0.4, -0.2) is 32.4 Å². The molecule has 2 aromatic rings. The molecule has 0 aliphatic carbocycles. The average molecular weight is 248 g/mol. The van der Waals surface area contributed by atoms with Gasteiger partial charge in [0.2, 0.25) is 0 Å². The predicted molar refractivity (Wildman–Crippen MR) is 70.3 cm³/mol. The topological polar surface area (TPSA) is 62.5 Å². The van der Waals surface area contributed by atoms with Crippen LogP contribution >= 0.6 is 0 Å². The molecule has 0 saturated carbocycles. The minimum Gasteiger partial charge on any atom is -0.396 e. The second kappa shape index (κ2) is 5.46. The molecule has 0 aliphatic rings. The lowest BCUT2D eigenvalue weighted by atomic mass is 10.1. The van der Waals surface area contributed by atoms with Crippen LogP contribution in [0.1, 0.15) is 25.1 Å². The van der Waals surface area contributed by atoms with Crippen LogP contribution in [0.4, 0.5) is 0 Å². The Hall–Kier alpha value is -1.46. The van der Waals surface area contributed by atoms with E-state index in [0.717, 1.165) is 23.4 Å². The van der Waals surface area contributed by atoms with Gasteiger partial charge in [0, 0.05) is 43.2 Å². The van der Waals surface area contributed by atoms with Crippen LogP contribution in [0, 0.1) is 12.8 Å². The van der Waals surface area contributed by atoms with Crippen LogP contribution in [0.5, 0.6) is 0 Å². The van der Waals surface area contributed by atoms with E-state index in [1.54, 1.807) is 4.52 Å². The van der Waals surface area contributed by atoms with Gasteiger partial charge >= 0.3 is 0 Å². The average Bonchev–Trinajstić information content (AvgIpc) is 2.74. The number of aromatic nitrogens is 3. The second-order valence-corrected chi connectivity index (χ2v) is 4.88. The molecule has 2 atom stereocenters. The summed E-state index contributed by atoms with van der Waals surface area (Å²) in [5.41, 5.74) is 2.92. The minimum absolute atomic E-state index is 0.198. The van der Waals surface area contributed by atoms with Crippen molar-refractivity contribution in [1.29, 1.82) is 0 Å². The fourth-order valence-electron chi connectivity index (χ4n) is 1.76. The minimum atomic E-state index is 0.198. The van der Waals surface area contributed by atoms with E-state index >= 15 is 0 Å². The monoisotopic (exact) mass is 248 g/mol. The summed E-state index contributed by atoms with van der Waals surface area (Å²) in [6, 6.07) is 2.22. The van der Waals surface area contributed by atoms with Gasteiger partial charge in [-0.15, -0.1) is 0 Å². The van der Waals surface area contributed by atoms with E-state index in [0.29, 0.717) is 0 Å². The van der Waals surface area contributed by atoms with E-state index in [1.807, 2.05) is 32.3 Å². The van der Waals surface area contributed by atoms with E-state index in [9.17, 15) is 0 Å². The largest absolute Gasteiger partial charge is 0.396 e. The number of aliphatic hydroxyl groups excluding tert-OH is 1. The standard InChI is InChI=1S/C13H20N4O/c1-9(8-18)11(3)14-5-12-6-15-13-4-10(2)16-17(13)7-12/h4,6-7,9,11,14,18H,5,8H2,1-3H3. The normalized spacial score (nSPS) is 14.9. The molecule has 0 fully saturated rings. The van der Waals surface area contributed by atoms with Gasteiger partial charge in [0.1, 0.15) is 0 Å². The molecular formula is C13H20N4O. The molecule has 0 bridgehead atoms. The van der Waals surface area contributed by atoms with Gasteiger partial charge in [-0.1, -0.05) is 6.92 Å². The summed E-state index contributed by atoms with van der Waals surface area (Å²) < 4.78 is 1.80. The van der Waals surface area contributed by atoms with Crippen LogP contribution in [0.15, 0.2) is 18.5 Å². The van der Waals surface area contributed by atoms with Crippen molar-refractivity contribution in [3.8, 4) is 0 Å². The molecule has 0 saturated heterocycles. The van der Waals surface area contributed by atoms with Gasteiger partial charge in [0.15, 0.2) is 5.65 Å². The SMILES string of the molecule is Cc1cc2ncc(CNC(C)C(C)CO)cn2n1. The van der Waals surface area contributed by atoms with E-state index in [2.05, 4.69) is 22.3 Å². The summed E-state index contributed by atoms with van der Waals surface area (Å²) in [5.74, 6) is 0.244. The Bertz CT molecular complexity index is 523. The number of rotatable bonds is 5. The van der Waals surface area contributed by atoms with Crippen LogP contribution in [0.25, 0.3) is 5.65 Å². The summed E-state index contributed by atoms with van der Waals surface area (Å²) >= 11 is 0. The van der Waals surface area contributed by atoms with Gasteiger partial charge < -0.3 is 10.4 Å². The highest BCUT2D eigenvalue weighted by atomic mass is 16.3. The maximum Gasteiger partial charge on any atom is 0.155 e. The van der Waals surface area contributed by atoms with E-state index in [-0.39, 0.29) is 18.6 Å². The van der Waals surface area contributed by atoms with E-state index in [4.69, 9.17) is 5.11 Å². The number of fused-ring (bicyclic) bond motifs is 1. The first-order valence-corrected chi connectivity index (χ1v) is 6.25. The molecule has 18 heavy (non-hydrogen) atoms. The molecule has 5 heteroatoms. The van der Waals surface area contributed by atoms with Gasteiger partial charge in [-0.3, -0.25) is 0 Å². The Kier molecular flexibility index (Phi) is 3.93. The molecule has 2 rings (SSSR count). The quantitative estimate of drug-likeness (QED) is 0.833. The Morgan fingerprint density at radius 3 is 2.94 bits per heavy atom. The Labute approximate surface area is 107 Å². The highest BCUT2D eigenvalue weighted by Crippen LogP contribution is 2.06. The fourth-order valence-corrected chi connectivity index (χ4v) is 1.76. The van der Waals surface area contributed by atoms with E-state index in [1.165, 1.54) is 0 Å². The van der Waals surface area contributed by atoms with Crippen molar-refractivity contribution < 1.29 is 5.11 Å². The second-order valence-electron chi connectivity index (χ2n) is 4.88. The van der Waals surface area contributed by atoms with Crippen LogP contribution in [0.2, 0.25) is 0 Å². The number of hydrogen-bond acceptors (Lipinski definition) is 4. The lowest BCUT2D eigenvalue weighted by molar-refractivity contribution is 0.207. The first-order valence-electron chi connectivity index (χ1n) is 6.25. The third-order valence-electron chi connectivity index (χ3n) is 3.26. The summed E-state index contributed by atoms with van der Waals surface area (Å²) in [4.78, 5) is 4.36. The maximum absolute atomic E-state index is 9.08. The zero-order valence-corrected chi connectivity index (χ0v) is 11.1. The van der Waals surface area contributed by atoms with Crippen molar-refractivity contribution in [1.82, 2.24) is 19.9 Å². The molecule has 0 aromatic carbocycles. The molecule has 2 unspecified atom stereocenters. The third kappa shape index (κ3) is 2.86. The lowest BCUT2D eigenvalue weighted by Gasteiger charge is -2.19. The van der Waals surface area contributed by atoms with Crippen molar-refractivity contribution in [2.75, 3.05) is 6.61 Å². The van der Waals surface area contributed by atoms with Gasteiger partial charge in [-0.2, -0.15) is 5.10 Å². The predicted octanol–water partition coefficient (Wildman–Crippen LogP) is 1.14. The Morgan fingerprint density at radius 1 is 1.44 bits per heavy atom. The van der Waals surface area contributed by atoms with E-state index < -0.39 is 0 Å². The van der Waals surface area contributed by atoms with Crippen molar-refractivity contribution in [2.24, 2.45) is 5.92 Å². The van der Waals surface area contributed by atoms with Crippen molar-refractivity contribution >= 4 is 5.65 Å². The molecule has 2 N–H and O–H groups in total. The molecule has 2 heterocycles. The fraction of sp³-hybridized carbons (Fsp3) is 0.538. The number of nitrogens with zero attached hydrogens (tertiary/aromatic N) is 3. The van der Waals surface area contributed by atoms with Crippen molar-refractivity contribution in [3.63, 3.8) is 0 Å². The molecule has 0 radical (unpaired) electrons. The Balaban J connectivity index is 2.03. The van der Waals surface area contributed by atoms with Gasteiger partial charge in [0.05, 0.1) is 5.69 Å². The summed E-state index contributed by atoms with van der Waals surface area (Å²) in [7, 11) is 0. The first kappa shape index (κ1) is 13.0. The first-order chi connectivity index (χ1) is 8.60. The zero-order valence-electron chi connectivity index (χ0n) is 11.1. The zero-order chi connectivity index (χ0) is 13.1. The third-order valence-corrected chi connectivity index (χ3v) is 3.26. The number of nitrogens with one attached hydrogen (secondary N) is 1. The highest BCUT2D eigenvalue weighted by Gasteiger charge is 2.10. The number of aryl methyl sites for hydroxylation is 1. The molecule has 5 nitrogen and oxygen atoms in total. The lowest BCUT2D eigenvalue weighted by Crippen LogP contribution is -2.33. The summed E-state index contributed by atoms with van der Waals surface area (Å²) in [6.45, 7) is 6.98. The number of hydrogen-bond donors (Lipinski definition) is 2. The van der Waals surface area contributed by atoms with Crippen LogP contribution in [0.3, 0.4) is 0 Å². The molecule has 0 aliphatic heterocycles. The van der Waals surface area contributed by atoms with Crippen molar-refractivity contribution in [3.05, 3.63) is 29.7 Å². The molecular weight excluding hydrogens is 228 g/mol. The van der Waals surface area contributed by atoms with Crippen LogP contribution < -0.4 is 5.32 Å².